The first-order chi connectivity index (χ1) is 6.72. The number of hydrogen-bond acceptors (Lipinski definition) is 2. The number of likely N-dealkylation sites (tertiary alicyclic amines) is 1. The number of rotatable bonds is 5. The van der Waals surface area contributed by atoms with Gasteiger partial charge in [0.25, 0.3) is 0 Å². The van der Waals surface area contributed by atoms with Crippen molar-refractivity contribution in [3.05, 3.63) is 0 Å². The predicted molar refractivity (Wildman–Crippen MR) is 52.0 cm³/mol. The van der Waals surface area contributed by atoms with E-state index in [2.05, 4.69) is 4.90 Å². The summed E-state index contributed by atoms with van der Waals surface area (Å²) in [6.07, 6.45) is 2.87. The van der Waals surface area contributed by atoms with Crippen molar-refractivity contribution in [1.29, 1.82) is 0 Å². The topological polar surface area (TPSA) is 40.5 Å². The smallest absolute Gasteiger partial charge is 0.303 e. The molecule has 4 heteroatoms. The first-order valence-electron chi connectivity index (χ1n) is 5.22. The molecule has 0 aromatic heterocycles. The van der Waals surface area contributed by atoms with Gasteiger partial charge in [-0.2, -0.15) is 0 Å². The molecule has 1 heterocycles. The fourth-order valence-corrected chi connectivity index (χ4v) is 2.05. The Morgan fingerprint density at radius 3 is 3.00 bits per heavy atom. The number of halogens is 1. The molecule has 0 spiro atoms. The van der Waals surface area contributed by atoms with Crippen LogP contribution in [0.1, 0.15) is 25.7 Å². The van der Waals surface area contributed by atoms with Gasteiger partial charge < -0.3 is 10.0 Å². The van der Waals surface area contributed by atoms with E-state index >= 15 is 0 Å². The number of carboxylic acid groups (broad SMARTS) is 1. The van der Waals surface area contributed by atoms with Crippen molar-refractivity contribution in [2.45, 2.75) is 25.7 Å². The fraction of sp³-hybridized carbons (Fsp3) is 0.900. The van der Waals surface area contributed by atoms with Gasteiger partial charge in [-0.15, -0.1) is 0 Å². The van der Waals surface area contributed by atoms with Gasteiger partial charge in [0.15, 0.2) is 0 Å². The van der Waals surface area contributed by atoms with E-state index in [1.54, 1.807) is 0 Å². The van der Waals surface area contributed by atoms with Gasteiger partial charge in [0.05, 0.1) is 6.67 Å². The van der Waals surface area contributed by atoms with Crippen molar-refractivity contribution in [2.75, 3.05) is 26.3 Å². The maximum atomic E-state index is 11.9. The highest BCUT2D eigenvalue weighted by molar-refractivity contribution is 5.67. The maximum absolute atomic E-state index is 11.9. The summed E-state index contributed by atoms with van der Waals surface area (Å²) in [5.74, 6) is -0.455. The monoisotopic (exact) mass is 203 g/mol. The second-order valence-corrected chi connectivity index (χ2v) is 3.95. The van der Waals surface area contributed by atoms with E-state index in [1.807, 2.05) is 0 Å². The lowest BCUT2D eigenvalue weighted by molar-refractivity contribution is -0.138. The summed E-state index contributed by atoms with van der Waals surface area (Å²) in [6.45, 7) is 2.31. The normalized spacial score (nSPS) is 23.6. The van der Waals surface area contributed by atoms with Gasteiger partial charge in [-0.3, -0.25) is 9.18 Å². The molecule has 14 heavy (non-hydrogen) atoms. The summed E-state index contributed by atoms with van der Waals surface area (Å²) in [5, 5.41) is 8.65. The molecule has 3 nitrogen and oxygen atoms in total. The molecule has 1 aliphatic heterocycles. The zero-order chi connectivity index (χ0) is 10.4. The Morgan fingerprint density at radius 2 is 2.36 bits per heavy atom. The van der Waals surface area contributed by atoms with Crippen LogP contribution < -0.4 is 0 Å². The molecule has 1 unspecified atom stereocenters. The number of carbonyl (C=O) groups is 1. The van der Waals surface area contributed by atoms with E-state index in [0.717, 1.165) is 32.5 Å². The van der Waals surface area contributed by atoms with Gasteiger partial charge in [0, 0.05) is 19.5 Å². The minimum atomic E-state index is -0.720. The lowest BCUT2D eigenvalue weighted by Crippen LogP contribution is -2.37. The Kier molecular flexibility index (Phi) is 4.87. The van der Waals surface area contributed by atoms with E-state index in [0.29, 0.717) is 6.42 Å². The largest absolute Gasteiger partial charge is 0.481 e. The third kappa shape index (κ3) is 4.05. The SMILES string of the molecule is O=C(O)CC1CCCN(CCCF)C1. The zero-order valence-corrected chi connectivity index (χ0v) is 8.41. The van der Waals surface area contributed by atoms with Crippen LogP contribution in [0, 0.1) is 5.92 Å². The molecule has 1 atom stereocenters. The molecule has 0 saturated carbocycles. The lowest BCUT2D eigenvalue weighted by atomic mass is 9.95. The zero-order valence-electron chi connectivity index (χ0n) is 8.41. The molecule has 82 valence electrons. The Morgan fingerprint density at radius 1 is 1.57 bits per heavy atom. The molecule has 1 N–H and O–H groups in total. The summed E-state index contributed by atoms with van der Waals surface area (Å²) in [5.41, 5.74) is 0. The van der Waals surface area contributed by atoms with E-state index in [1.165, 1.54) is 0 Å². The molecule has 1 saturated heterocycles. The quantitative estimate of drug-likeness (QED) is 0.736. The van der Waals surface area contributed by atoms with Gasteiger partial charge in [-0.1, -0.05) is 0 Å². The molecule has 0 bridgehead atoms. The van der Waals surface area contributed by atoms with Gasteiger partial charge >= 0.3 is 5.97 Å². The molecule has 0 radical (unpaired) electrons. The number of hydrogen-bond donors (Lipinski definition) is 1. The van der Waals surface area contributed by atoms with Crippen LogP contribution in [-0.4, -0.2) is 42.3 Å². The van der Waals surface area contributed by atoms with Gasteiger partial charge in [-0.05, 0) is 31.7 Å². The highest BCUT2D eigenvalue weighted by Crippen LogP contribution is 2.19. The van der Waals surface area contributed by atoms with Crippen molar-refractivity contribution in [3.8, 4) is 0 Å². The van der Waals surface area contributed by atoms with Crippen molar-refractivity contribution >= 4 is 5.97 Å². The molecule has 0 aromatic rings. The minimum Gasteiger partial charge on any atom is -0.481 e. The van der Waals surface area contributed by atoms with E-state index in [9.17, 15) is 9.18 Å². The van der Waals surface area contributed by atoms with E-state index in [-0.39, 0.29) is 19.0 Å². The second kappa shape index (κ2) is 5.96. The van der Waals surface area contributed by atoms with Crippen molar-refractivity contribution in [2.24, 2.45) is 5.92 Å². The lowest BCUT2D eigenvalue weighted by Gasteiger charge is -2.31. The van der Waals surface area contributed by atoms with E-state index in [4.69, 9.17) is 5.11 Å². The molecular formula is C10H18FNO2. The fourth-order valence-electron chi connectivity index (χ4n) is 2.05. The molecule has 0 aromatic carbocycles. The van der Waals surface area contributed by atoms with Crippen LogP contribution in [0.5, 0.6) is 0 Å². The summed E-state index contributed by atoms with van der Waals surface area (Å²) < 4.78 is 11.9. The maximum Gasteiger partial charge on any atom is 0.303 e. The Bertz CT molecular complexity index is 187. The summed E-state index contributed by atoms with van der Waals surface area (Å²) in [4.78, 5) is 12.7. The second-order valence-electron chi connectivity index (χ2n) is 3.95. The summed E-state index contributed by atoms with van der Waals surface area (Å²) in [6, 6.07) is 0. The van der Waals surface area contributed by atoms with Gasteiger partial charge in [0.1, 0.15) is 0 Å². The highest BCUT2D eigenvalue weighted by atomic mass is 19.1. The first kappa shape index (κ1) is 11.4. The van der Waals surface area contributed by atoms with Crippen molar-refractivity contribution < 1.29 is 14.3 Å². The number of carboxylic acids is 1. The highest BCUT2D eigenvalue weighted by Gasteiger charge is 2.21. The van der Waals surface area contributed by atoms with Gasteiger partial charge in [0.2, 0.25) is 0 Å². The molecule has 1 fully saturated rings. The number of nitrogens with zero attached hydrogens (tertiary/aromatic N) is 1. The van der Waals surface area contributed by atoms with Crippen LogP contribution in [0.4, 0.5) is 4.39 Å². The Hall–Kier alpha value is -0.640. The molecular weight excluding hydrogens is 185 g/mol. The molecule has 0 amide bonds. The average molecular weight is 203 g/mol. The third-order valence-electron chi connectivity index (χ3n) is 2.67. The Balaban J connectivity index is 2.24. The summed E-state index contributed by atoms with van der Waals surface area (Å²) in [7, 11) is 0. The van der Waals surface area contributed by atoms with Crippen molar-refractivity contribution in [3.63, 3.8) is 0 Å². The van der Waals surface area contributed by atoms with Crippen LogP contribution in [0.3, 0.4) is 0 Å². The van der Waals surface area contributed by atoms with Crippen molar-refractivity contribution in [1.82, 2.24) is 4.90 Å². The van der Waals surface area contributed by atoms with Crippen LogP contribution >= 0.6 is 0 Å². The van der Waals surface area contributed by atoms with Gasteiger partial charge in [-0.25, -0.2) is 0 Å². The average Bonchev–Trinajstić information content (AvgIpc) is 2.14. The first-order valence-corrected chi connectivity index (χ1v) is 5.22. The third-order valence-corrected chi connectivity index (χ3v) is 2.67. The Labute approximate surface area is 83.9 Å². The molecule has 1 aliphatic rings. The van der Waals surface area contributed by atoms with Crippen LogP contribution in [0.2, 0.25) is 0 Å². The molecule has 0 aliphatic carbocycles. The predicted octanol–water partition coefficient (Wildman–Crippen LogP) is 1.53. The number of piperidine rings is 1. The van der Waals surface area contributed by atoms with Crippen LogP contribution in [-0.2, 0) is 4.79 Å². The molecule has 1 rings (SSSR count). The summed E-state index contributed by atoms with van der Waals surface area (Å²) >= 11 is 0. The number of alkyl halides is 1. The van der Waals surface area contributed by atoms with E-state index < -0.39 is 5.97 Å². The minimum absolute atomic E-state index is 0.256. The van der Waals surface area contributed by atoms with Crippen LogP contribution in [0.25, 0.3) is 0 Å². The van der Waals surface area contributed by atoms with Crippen LogP contribution in [0.15, 0.2) is 0 Å². The number of aliphatic carboxylic acids is 1. The standard InChI is InChI=1S/C10H18FNO2/c11-4-2-6-12-5-1-3-9(8-12)7-10(13)14/h9H,1-8H2,(H,13,14).